The van der Waals surface area contributed by atoms with Gasteiger partial charge in [0.15, 0.2) is 0 Å². The Morgan fingerprint density at radius 3 is 2.81 bits per heavy atom. The first-order valence-electron chi connectivity index (χ1n) is 5.84. The van der Waals surface area contributed by atoms with Gasteiger partial charge in [-0.2, -0.15) is 0 Å². The smallest absolute Gasteiger partial charge is 0.107 e. The summed E-state index contributed by atoms with van der Waals surface area (Å²) >= 11 is 0. The molecule has 0 amide bonds. The van der Waals surface area contributed by atoms with E-state index >= 15 is 0 Å². The standard InChI is InChI=1S/C15H22O/c1-4-7-8-9-10-11-12-13-15(6-3)16-14-5-2/h2,4,7-10,15H,1,6,11-14H2,3H3. The third kappa shape index (κ3) is 9.30. The predicted molar refractivity (Wildman–Crippen MR) is 71.2 cm³/mol. The van der Waals surface area contributed by atoms with Crippen LogP contribution in [0.4, 0.5) is 0 Å². The number of hydrogen-bond donors (Lipinski definition) is 0. The molecule has 0 saturated heterocycles. The Morgan fingerprint density at radius 1 is 1.38 bits per heavy atom. The van der Waals surface area contributed by atoms with E-state index < -0.39 is 0 Å². The van der Waals surface area contributed by atoms with Crippen molar-refractivity contribution in [2.75, 3.05) is 6.61 Å². The molecule has 1 nitrogen and oxygen atoms in total. The van der Waals surface area contributed by atoms with Gasteiger partial charge in [-0.25, -0.2) is 0 Å². The lowest BCUT2D eigenvalue weighted by Crippen LogP contribution is -2.11. The van der Waals surface area contributed by atoms with Crippen LogP contribution in [0.5, 0.6) is 0 Å². The minimum atomic E-state index is 0.313. The van der Waals surface area contributed by atoms with Crippen LogP contribution < -0.4 is 0 Å². The zero-order chi connectivity index (χ0) is 12.1. The molecule has 0 saturated carbocycles. The summed E-state index contributed by atoms with van der Waals surface area (Å²) in [7, 11) is 0. The number of terminal acetylenes is 1. The molecule has 0 bridgehead atoms. The molecule has 0 fully saturated rings. The van der Waals surface area contributed by atoms with Crippen molar-refractivity contribution >= 4 is 0 Å². The lowest BCUT2D eigenvalue weighted by atomic mass is 10.1. The first kappa shape index (κ1) is 14.7. The largest absolute Gasteiger partial charge is 0.366 e. The van der Waals surface area contributed by atoms with Crippen LogP contribution in [0.2, 0.25) is 0 Å². The number of ether oxygens (including phenoxy) is 1. The van der Waals surface area contributed by atoms with Crippen molar-refractivity contribution in [2.24, 2.45) is 0 Å². The van der Waals surface area contributed by atoms with E-state index in [4.69, 9.17) is 11.2 Å². The Balaban J connectivity index is 3.55. The Labute approximate surface area is 99.9 Å². The lowest BCUT2D eigenvalue weighted by molar-refractivity contribution is 0.0673. The number of hydrogen-bond acceptors (Lipinski definition) is 1. The van der Waals surface area contributed by atoms with E-state index in [1.807, 2.05) is 18.2 Å². The molecular formula is C15H22O. The minimum Gasteiger partial charge on any atom is -0.366 e. The quantitative estimate of drug-likeness (QED) is 0.324. The fraction of sp³-hybridized carbons (Fsp3) is 0.467. The van der Waals surface area contributed by atoms with E-state index in [9.17, 15) is 0 Å². The van der Waals surface area contributed by atoms with Gasteiger partial charge >= 0.3 is 0 Å². The van der Waals surface area contributed by atoms with Crippen LogP contribution in [-0.2, 0) is 4.74 Å². The van der Waals surface area contributed by atoms with Gasteiger partial charge in [0.05, 0.1) is 6.10 Å². The van der Waals surface area contributed by atoms with Crippen LogP contribution in [0.25, 0.3) is 0 Å². The molecule has 1 unspecified atom stereocenters. The SMILES string of the molecule is C#CCOC(CC)CCCC=CC=CC=C. The molecule has 0 rings (SSSR count). The van der Waals surface area contributed by atoms with E-state index in [0.717, 1.165) is 25.7 Å². The summed E-state index contributed by atoms with van der Waals surface area (Å²) in [6.45, 7) is 6.16. The molecule has 0 radical (unpaired) electrons. The average molecular weight is 218 g/mol. The van der Waals surface area contributed by atoms with Gasteiger partial charge in [0.25, 0.3) is 0 Å². The zero-order valence-corrected chi connectivity index (χ0v) is 10.2. The summed E-state index contributed by atoms with van der Waals surface area (Å²) in [6, 6.07) is 0. The van der Waals surface area contributed by atoms with Crippen LogP contribution in [-0.4, -0.2) is 12.7 Å². The number of allylic oxidation sites excluding steroid dienone is 5. The Bertz CT molecular complexity index is 255. The molecule has 0 aromatic rings. The van der Waals surface area contributed by atoms with Gasteiger partial charge in [-0.15, -0.1) is 6.42 Å². The van der Waals surface area contributed by atoms with Crippen molar-refractivity contribution in [1.29, 1.82) is 0 Å². The summed E-state index contributed by atoms with van der Waals surface area (Å²) in [5.74, 6) is 2.50. The third-order valence-electron chi connectivity index (χ3n) is 2.25. The highest BCUT2D eigenvalue weighted by atomic mass is 16.5. The topological polar surface area (TPSA) is 9.23 Å². The summed E-state index contributed by atoms with van der Waals surface area (Å²) in [5, 5.41) is 0. The normalized spacial score (nSPS) is 13.0. The molecule has 1 heteroatoms. The van der Waals surface area contributed by atoms with Crippen molar-refractivity contribution in [1.82, 2.24) is 0 Å². The van der Waals surface area contributed by atoms with Crippen molar-refractivity contribution < 1.29 is 4.74 Å². The van der Waals surface area contributed by atoms with Gasteiger partial charge < -0.3 is 4.74 Å². The number of unbranched alkanes of at least 4 members (excludes halogenated alkanes) is 1. The first-order valence-corrected chi connectivity index (χ1v) is 5.84. The molecule has 0 aliphatic carbocycles. The first-order chi connectivity index (χ1) is 7.85. The molecular weight excluding hydrogens is 196 g/mol. The van der Waals surface area contributed by atoms with Crippen LogP contribution in [0.1, 0.15) is 32.6 Å². The van der Waals surface area contributed by atoms with E-state index in [-0.39, 0.29) is 0 Å². The van der Waals surface area contributed by atoms with Crippen LogP contribution in [0, 0.1) is 12.3 Å². The molecule has 0 aliphatic rings. The van der Waals surface area contributed by atoms with Gasteiger partial charge in [-0.05, 0) is 25.7 Å². The van der Waals surface area contributed by atoms with Gasteiger partial charge in [-0.1, -0.05) is 49.8 Å². The molecule has 0 spiro atoms. The van der Waals surface area contributed by atoms with E-state index in [0.29, 0.717) is 12.7 Å². The monoisotopic (exact) mass is 218 g/mol. The Kier molecular flexibility index (Phi) is 10.9. The molecule has 0 heterocycles. The Hall–Kier alpha value is -1.26. The van der Waals surface area contributed by atoms with Crippen LogP contribution in [0.15, 0.2) is 37.0 Å². The van der Waals surface area contributed by atoms with E-state index in [1.54, 1.807) is 6.08 Å². The average Bonchev–Trinajstić information content (AvgIpc) is 2.32. The van der Waals surface area contributed by atoms with E-state index in [2.05, 4.69) is 25.5 Å². The maximum Gasteiger partial charge on any atom is 0.107 e. The highest BCUT2D eigenvalue weighted by molar-refractivity contribution is 5.08. The Morgan fingerprint density at radius 2 is 2.19 bits per heavy atom. The van der Waals surface area contributed by atoms with Crippen molar-refractivity contribution in [3.8, 4) is 12.3 Å². The van der Waals surface area contributed by atoms with Gasteiger partial charge in [0.1, 0.15) is 6.61 Å². The molecule has 0 N–H and O–H groups in total. The van der Waals surface area contributed by atoms with E-state index in [1.165, 1.54) is 0 Å². The highest BCUT2D eigenvalue weighted by Gasteiger charge is 2.03. The summed E-state index contributed by atoms with van der Waals surface area (Å²) < 4.78 is 5.50. The second-order valence-corrected chi connectivity index (χ2v) is 3.53. The second-order valence-electron chi connectivity index (χ2n) is 3.53. The number of rotatable bonds is 9. The summed E-state index contributed by atoms with van der Waals surface area (Å²) in [5.41, 5.74) is 0. The van der Waals surface area contributed by atoms with Crippen molar-refractivity contribution in [3.63, 3.8) is 0 Å². The van der Waals surface area contributed by atoms with Crippen LogP contribution >= 0.6 is 0 Å². The maximum absolute atomic E-state index is 5.50. The van der Waals surface area contributed by atoms with Gasteiger partial charge in [0, 0.05) is 0 Å². The summed E-state index contributed by atoms with van der Waals surface area (Å²) in [4.78, 5) is 0. The predicted octanol–water partition coefficient (Wildman–Crippen LogP) is 3.88. The van der Waals surface area contributed by atoms with Gasteiger partial charge in [-0.3, -0.25) is 0 Å². The molecule has 0 aliphatic heterocycles. The molecule has 1 atom stereocenters. The van der Waals surface area contributed by atoms with Gasteiger partial charge in [0.2, 0.25) is 0 Å². The molecule has 0 aromatic heterocycles. The van der Waals surface area contributed by atoms with Crippen molar-refractivity contribution in [3.05, 3.63) is 37.0 Å². The highest BCUT2D eigenvalue weighted by Crippen LogP contribution is 2.08. The van der Waals surface area contributed by atoms with Crippen molar-refractivity contribution in [2.45, 2.75) is 38.7 Å². The fourth-order valence-corrected chi connectivity index (χ4v) is 1.35. The minimum absolute atomic E-state index is 0.313. The summed E-state index contributed by atoms with van der Waals surface area (Å²) in [6.07, 6.45) is 19.7. The fourth-order valence-electron chi connectivity index (χ4n) is 1.35. The second kappa shape index (κ2) is 11.8. The lowest BCUT2D eigenvalue weighted by Gasteiger charge is -2.13. The molecule has 16 heavy (non-hydrogen) atoms. The maximum atomic E-state index is 5.50. The van der Waals surface area contributed by atoms with Crippen LogP contribution in [0.3, 0.4) is 0 Å². The third-order valence-corrected chi connectivity index (χ3v) is 2.25. The molecule has 88 valence electrons. The molecule has 0 aromatic carbocycles. The zero-order valence-electron chi connectivity index (χ0n) is 10.2.